The number of halogens is 11. The number of rotatable bonds is 4. The summed E-state index contributed by atoms with van der Waals surface area (Å²) >= 11 is 0. The summed E-state index contributed by atoms with van der Waals surface area (Å²) in [7, 11) is -7.66. The molecule has 15 heteroatoms. The van der Waals surface area contributed by atoms with Crippen LogP contribution >= 0.6 is 0 Å². The number of alkyl halides is 11. The standard InChI is InChI=1S/C5F11O3S/c6-1(7,2(8,9)4(12,13)14)3(10,11)5(15,16)20(17,18)19. The first-order valence-corrected chi connectivity index (χ1v) is 5.19. The molecule has 0 heterocycles. The molecule has 0 aliphatic heterocycles. The summed E-state index contributed by atoms with van der Waals surface area (Å²) in [4.78, 5) is 0. The van der Waals surface area contributed by atoms with Crippen LogP contribution in [0.4, 0.5) is 48.3 Å². The molecule has 0 aromatic carbocycles. The predicted molar refractivity (Wildman–Crippen MR) is 35.4 cm³/mol. The Morgan fingerprint density at radius 2 is 0.850 bits per heavy atom. The quantitative estimate of drug-likeness (QED) is 0.733. The van der Waals surface area contributed by atoms with E-state index in [4.69, 9.17) is 0 Å². The minimum absolute atomic E-state index is 7.40. The van der Waals surface area contributed by atoms with Gasteiger partial charge in [0.25, 0.3) is 0 Å². The van der Waals surface area contributed by atoms with Crippen molar-refractivity contribution in [2.24, 2.45) is 0 Å². The van der Waals surface area contributed by atoms with Crippen molar-refractivity contribution in [3.8, 4) is 0 Å². The maximum Gasteiger partial charge on any atom is 0.460 e. The normalized spacial score (nSPS) is 16.4. The fraction of sp³-hybridized carbons (Fsp3) is 1.00. The van der Waals surface area contributed by atoms with Gasteiger partial charge in [-0.1, -0.05) is 4.55 Å². The maximum atomic E-state index is 12.4. The van der Waals surface area contributed by atoms with E-state index in [2.05, 4.69) is 0 Å². The Kier molecular flexibility index (Phi) is 4.13. The summed E-state index contributed by atoms with van der Waals surface area (Å²) < 4.78 is 162. The molecule has 0 aromatic rings. The molecule has 0 amide bonds. The van der Waals surface area contributed by atoms with Gasteiger partial charge in [0.1, 0.15) is 0 Å². The molecular formula is C5F11O3S. The molecule has 1 radical (unpaired) electrons. The van der Waals surface area contributed by atoms with Crippen LogP contribution in [0, 0.1) is 0 Å². The van der Waals surface area contributed by atoms with Gasteiger partial charge in [-0.2, -0.15) is 56.7 Å². The minimum Gasteiger partial charge on any atom is -0.192 e. The molecule has 0 spiro atoms. The average Bonchev–Trinajstić information content (AvgIpc) is 2.12. The molecule has 121 valence electrons. The van der Waals surface area contributed by atoms with Crippen molar-refractivity contribution in [3.05, 3.63) is 0 Å². The molecule has 20 heavy (non-hydrogen) atoms. The predicted octanol–water partition coefficient (Wildman–Crippen LogP) is 2.81. The second kappa shape index (κ2) is 4.32. The van der Waals surface area contributed by atoms with Gasteiger partial charge >= 0.3 is 39.3 Å². The average molecular weight is 349 g/mol. The fourth-order valence-electron chi connectivity index (χ4n) is 0.715. The van der Waals surface area contributed by atoms with Crippen LogP contribution in [0.5, 0.6) is 0 Å². The van der Waals surface area contributed by atoms with Crippen molar-refractivity contribution in [1.29, 1.82) is 0 Å². The van der Waals surface area contributed by atoms with E-state index in [-0.39, 0.29) is 0 Å². The van der Waals surface area contributed by atoms with Gasteiger partial charge in [-0.15, -0.1) is 0 Å². The van der Waals surface area contributed by atoms with Crippen molar-refractivity contribution in [2.45, 2.75) is 29.2 Å². The molecular weight excluding hydrogens is 349 g/mol. The highest BCUT2D eigenvalue weighted by Crippen LogP contribution is 2.58. The number of hydrogen-bond donors (Lipinski definition) is 0. The van der Waals surface area contributed by atoms with E-state index in [0.29, 0.717) is 0 Å². The lowest BCUT2D eigenvalue weighted by Gasteiger charge is -2.35. The highest BCUT2D eigenvalue weighted by Gasteiger charge is 2.89. The molecule has 0 saturated carbocycles. The Bertz CT molecular complexity index is 475. The zero-order chi connectivity index (χ0) is 17.0. The number of hydrogen-bond acceptors (Lipinski definition) is 2. The fourth-order valence-corrected chi connectivity index (χ4v) is 1.16. The maximum absolute atomic E-state index is 12.4. The van der Waals surface area contributed by atoms with Crippen LogP contribution in [0.15, 0.2) is 0 Å². The minimum atomic E-state index is -7.90. The Morgan fingerprint density at radius 3 is 1.05 bits per heavy atom. The second-order valence-corrected chi connectivity index (χ2v) is 4.61. The van der Waals surface area contributed by atoms with E-state index in [9.17, 15) is 61.3 Å². The van der Waals surface area contributed by atoms with Crippen LogP contribution < -0.4 is 0 Å². The molecule has 0 aliphatic carbocycles. The van der Waals surface area contributed by atoms with Crippen molar-refractivity contribution in [1.82, 2.24) is 0 Å². The first-order chi connectivity index (χ1) is 8.25. The van der Waals surface area contributed by atoms with E-state index < -0.39 is 39.3 Å². The third-order valence-electron chi connectivity index (χ3n) is 1.82. The SMILES string of the molecule is [O]S(=O)(=O)C(F)(F)C(F)(F)C(F)(F)C(F)(F)C(F)(F)F. The highest BCUT2D eigenvalue weighted by molar-refractivity contribution is 7.86. The van der Waals surface area contributed by atoms with Crippen LogP contribution in [0.2, 0.25) is 0 Å². The largest absolute Gasteiger partial charge is 0.460 e. The zero-order valence-electron chi connectivity index (χ0n) is 8.29. The molecule has 0 bridgehead atoms. The molecule has 0 atom stereocenters. The van der Waals surface area contributed by atoms with Crippen molar-refractivity contribution >= 4 is 10.1 Å². The second-order valence-electron chi connectivity index (χ2n) is 3.19. The van der Waals surface area contributed by atoms with Crippen molar-refractivity contribution in [2.75, 3.05) is 0 Å². The summed E-state index contributed by atoms with van der Waals surface area (Å²) in [6.45, 7) is 0. The van der Waals surface area contributed by atoms with Crippen LogP contribution in [0.25, 0.3) is 0 Å². The molecule has 0 rings (SSSR count). The first kappa shape index (κ1) is 19.1. The zero-order valence-corrected chi connectivity index (χ0v) is 9.11. The Balaban J connectivity index is 6.22. The van der Waals surface area contributed by atoms with Gasteiger partial charge in [0.05, 0.1) is 0 Å². The first-order valence-electron chi connectivity index (χ1n) is 3.78. The third-order valence-corrected chi connectivity index (χ3v) is 2.71. The van der Waals surface area contributed by atoms with Crippen LogP contribution in [-0.2, 0) is 14.7 Å². The van der Waals surface area contributed by atoms with E-state index in [1.54, 1.807) is 0 Å². The molecule has 0 unspecified atom stereocenters. The van der Waals surface area contributed by atoms with Gasteiger partial charge in [0.2, 0.25) is 0 Å². The molecule has 3 nitrogen and oxygen atoms in total. The summed E-state index contributed by atoms with van der Waals surface area (Å²) in [5.41, 5.74) is 0. The Labute approximate surface area is 102 Å². The molecule has 0 saturated heterocycles. The molecule has 0 N–H and O–H groups in total. The van der Waals surface area contributed by atoms with Gasteiger partial charge in [0.15, 0.2) is 0 Å². The van der Waals surface area contributed by atoms with Crippen molar-refractivity contribution in [3.63, 3.8) is 0 Å². The lowest BCUT2D eigenvalue weighted by atomic mass is 10.0. The lowest BCUT2D eigenvalue weighted by Crippen LogP contribution is -2.67. The van der Waals surface area contributed by atoms with Gasteiger partial charge in [-0.05, 0) is 0 Å². The highest BCUT2D eigenvalue weighted by atomic mass is 32.2. The van der Waals surface area contributed by atoms with Crippen LogP contribution in [0.1, 0.15) is 0 Å². The lowest BCUT2D eigenvalue weighted by molar-refractivity contribution is -0.413. The van der Waals surface area contributed by atoms with E-state index in [1.807, 2.05) is 0 Å². The van der Waals surface area contributed by atoms with Gasteiger partial charge in [-0.25, -0.2) is 0 Å². The van der Waals surface area contributed by atoms with E-state index >= 15 is 0 Å². The van der Waals surface area contributed by atoms with Crippen LogP contribution in [0.3, 0.4) is 0 Å². The molecule has 0 aromatic heterocycles. The monoisotopic (exact) mass is 349 g/mol. The van der Waals surface area contributed by atoms with Gasteiger partial charge < -0.3 is 0 Å². The van der Waals surface area contributed by atoms with Gasteiger partial charge in [-0.3, -0.25) is 0 Å². The Morgan fingerprint density at radius 1 is 0.550 bits per heavy atom. The summed E-state index contributed by atoms with van der Waals surface area (Å²) in [6.07, 6.45) is -7.41. The summed E-state index contributed by atoms with van der Waals surface area (Å²) in [5.74, 6) is -23.4. The van der Waals surface area contributed by atoms with E-state index in [0.717, 1.165) is 0 Å². The molecule has 0 aliphatic rings. The van der Waals surface area contributed by atoms with Crippen molar-refractivity contribution < 1.29 is 61.3 Å². The third kappa shape index (κ3) is 2.29. The topological polar surface area (TPSA) is 54.0 Å². The van der Waals surface area contributed by atoms with Gasteiger partial charge in [0, 0.05) is 0 Å². The summed E-state index contributed by atoms with van der Waals surface area (Å²) in [6, 6.07) is 0. The Hall–Kier alpha value is -0.860. The van der Waals surface area contributed by atoms with E-state index in [1.165, 1.54) is 0 Å². The van der Waals surface area contributed by atoms with Crippen LogP contribution in [-0.4, -0.2) is 37.6 Å². The smallest absolute Gasteiger partial charge is 0.192 e. The molecule has 0 fully saturated rings. The summed E-state index contributed by atoms with van der Waals surface area (Å²) in [5, 5.41) is -7.40.